The summed E-state index contributed by atoms with van der Waals surface area (Å²) >= 11 is 15.7. The highest BCUT2D eigenvalue weighted by Gasteiger charge is 2.31. The van der Waals surface area contributed by atoms with E-state index >= 15 is 0 Å². The van der Waals surface area contributed by atoms with Crippen LogP contribution in [0.2, 0.25) is 78.6 Å². The van der Waals surface area contributed by atoms with Gasteiger partial charge in [0.15, 0.2) is 0 Å². The van der Waals surface area contributed by atoms with Crippen molar-refractivity contribution in [3.05, 3.63) is 83.6 Å². The van der Waals surface area contributed by atoms with Gasteiger partial charge in [0, 0.05) is 68.3 Å². The molecule has 0 aliphatic heterocycles. The van der Waals surface area contributed by atoms with E-state index in [9.17, 15) is 0 Å². The Balaban J connectivity index is 1.10. The van der Waals surface area contributed by atoms with Crippen molar-refractivity contribution in [1.82, 2.24) is 0 Å². The molecule has 0 saturated heterocycles. The highest BCUT2D eigenvalue weighted by Crippen LogP contribution is 2.47. The van der Waals surface area contributed by atoms with Crippen molar-refractivity contribution in [2.75, 3.05) is 0 Å². The first-order valence-electron chi connectivity index (χ1n) is 19.1. The summed E-state index contributed by atoms with van der Waals surface area (Å²) in [5.41, 5.74) is 0. The van der Waals surface area contributed by atoms with Gasteiger partial charge in [0.25, 0.3) is 0 Å². The summed E-state index contributed by atoms with van der Waals surface area (Å²) in [5, 5.41) is 11.1. The van der Waals surface area contributed by atoms with Gasteiger partial charge < -0.3 is 0 Å². The highest BCUT2D eigenvalue weighted by molar-refractivity contribution is 7.33. The molecule has 0 aromatic carbocycles. The minimum Gasteiger partial charge on any atom is -0.143 e. The molecule has 0 bridgehead atoms. The minimum atomic E-state index is -1.65. The van der Waals surface area contributed by atoms with Crippen LogP contribution < -0.4 is 20.7 Å². The van der Waals surface area contributed by atoms with E-state index in [1.807, 2.05) is 90.7 Å². The van der Waals surface area contributed by atoms with Crippen LogP contribution in [0.1, 0.15) is 0 Å². The maximum atomic E-state index is 2.58. The van der Waals surface area contributed by atoms with Crippen LogP contribution in [0.4, 0.5) is 0 Å². The molecule has 0 amide bonds. The molecule has 0 radical (unpaired) electrons. The number of rotatable bonds is 11. The van der Waals surface area contributed by atoms with Crippen LogP contribution in [0, 0.1) is 0 Å². The molecule has 0 aliphatic rings. The van der Waals surface area contributed by atoms with Crippen molar-refractivity contribution in [3.8, 4) is 68.3 Å². The molecule has 0 unspecified atom stereocenters. The van der Waals surface area contributed by atoms with Crippen molar-refractivity contribution in [2.24, 2.45) is 0 Å². The quantitative estimate of drug-likeness (QED) is 0.113. The van der Waals surface area contributed by atoms with Gasteiger partial charge in [-0.25, -0.2) is 0 Å². The molecular weight excluding hydrogens is 897 g/mol. The van der Waals surface area contributed by atoms with Crippen LogP contribution in [-0.2, 0) is 0 Å². The lowest BCUT2D eigenvalue weighted by Gasteiger charge is -2.20. The zero-order valence-corrected chi connectivity index (χ0v) is 44.9. The SMILES string of the molecule is C[Si](C)(C)c1csc(-c2ccc(-c3ccc(-c4cc([Si](C)(C)C)c(-c5sc(-c6ccc(-c7ccc(-c8cc([Si](C)(C)C)cs8)s7)s6)cc5[Si](C)(C)C)s4)s3)s2)c1. The summed E-state index contributed by atoms with van der Waals surface area (Å²) in [5.74, 6) is 0. The van der Waals surface area contributed by atoms with Crippen LogP contribution in [0.25, 0.3) is 68.3 Å². The zero-order valence-electron chi connectivity index (χ0n) is 34.3. The summed E-state index contributed by atoms with van der Waals surface area (Å²) in [6.07, 6.45) is 0. The molecule has 8 heterocycles. The first-order chi connectivity index (χ1) is 26.2. The smallest absolute Gasteiger partial charge is 0.0795 e. The van der Waals surface area contributed by atoms with E-state index in [1.54, 1.807) is 20.7 Å². The van der Waals surface area contributed by atoms with Crippen LogP contribution in [0.5, 0.6) is 0 Å². The summed E-state index contributed by atoms with van der Waals surface area (Å²) in [7, 11) is -5.92. The molecule has 0 saturated carbocycles. The predicted octanol–water partition coefficient (Wildman–Crippen LogP) is 16.0. The first-order valence-corrected chi connectivity index (χ1v) is 39.8. The van der Waals surface area contributed by atoms with E-state index in [1.165, 1.54) is 68.3 Å². The lowest BCUT2D eigenvalue weighted by atomic mass is 10.3. The third-order valence-corrected chi connectivity index (χ3v) is 28.8. The van der Waals surface area contributed by atoms with Crippen LogP contribution in [0.15, 0.2) is 83.6 Å². The third-order valence-electron chi connectivity index (χ3n) is 10.1. The van der Waals surface area contributed by atoms with Crippen molar-refractivity contribution >= 4 is 144 Å². The van der Waals surface area contributed by atoms with E-state index in [4.69, 9.17) is 0 Å². The van der Waals surface area contributed by atoms with Gasteiger partial charge in [0.05, 0.1) is 32.3 Å². The summed E-state index contributed by atoms with van der Waals surface area (Å²) in [6, 6.07) is 28.9. The largest absolute Gasteiger partial charge is 0.143 e. The standard InChI is InChI=1S/C44H50S8Si4/c1-53(2,3)27-21-37(45-25-27)33-17-13-29(47-33)31-15-19-35(49-31)39-23-41(55(7,8)9)43(51-39)44-42(56(10,11)12)24-40(52-44)36-20-16-32(50-36)30-14-18-34(48-30)38-22-28(26-46-38)54(4,5)6/h13-26H,1-12H3. The fourth-order valence-electron chi connectivity index (χ4n) is 6.60. The molecular formula is C44H50S8Si4. The molecule has 0 nitrogen and oxygen atoms in total. The van der Waals surface area contributed by atoms with Gasteiger partial charge in [-0.1, -0.05) is 78.6 Å². The van der Waals surface area contributed by atoms with Gasteiger partial charge >= 0.3 is 0 Å². The average molecular weight is 948 g/mol. The second-order valence-electron chi connectivity index (χ2n) is 18.8. The normalized spacial score (nSPS) is 13.0. The molecule has 0 spiro atoms. The number of thiophene rings is 8. The van der Waals surface area contributed by atoms with E-state index in [0.717, 1.165) is 0 Å². The van der Waals surface area contributed by atoms with Gasteiger partial charge in [-0.15, -0.1) is 90.7 Å². The van der Waals surface area contributed by atoms with Gasteiger partial charge in [-0.05, 0) is 104 Å². The van der Waals surface area contributed by atoms with Gasteiger partial charge in [0.2, 0.25) is 0 Å². The number of hydrogen-bond donors (Lipinski definition) is 0. The van der Waals surface area contributed by atoms with E-state index in [0.29, 0.717) is 0 Å². The van der Waals surface area contributed by atoms with Crippen LogP contribution >= 0.6 is 90.7 Å². The molecule has 0 atom stereocenters. The molecule has 56 heavy (non-hydrogen) atoms. The zero-order chi connectivity index (χ0) is 39.9. The Morgan fingerprint density at radius 3 is 0.804 bits per heavy atom. The fourth-order valence-corrected chi connectivity index (χ4v) is 24.9. The Kier molecular flexibility index (Phi) is 11.2. The predicted molar refractivity (Wildman–Crippen MR) is 279 cm³/mol. The fraction of sp³-hybridized carbons (Fsp3) is 0.273. The minimum absolute atomic E-state index is 1.31. The summed E-state index contributed by atoms with van der Waals surface area (Å²) < 4.78 is 0. The highest BCUT2D eigenvalue weighted by atomic mass is 32.1. The number of hydrogen-bond acceptors (Lipinski definition) is 8. The maximum Gasteiger partial charge on any atom is 0.0795 e. The monoisotopic (exact) mass is 946 g/mol. The lowest BCUT2D eigenvalue weighted by Crippen LogP contribution is -2.41. The van der Waals surface area contributed by atoms with Crippen molar-refractivity contribution in [2.45, 2.75) is 78.6 Å². The molecule has 290 valence electrons. The molecule has 12 heteroatoms. The van der Waals surface area contributed by atoms with Crippen molar-refractivity contribution < 1.29 is 0 Å². The van der Waals surface area contributed by atoms with E-state index in [2.05, 4.69) is 162 Å². The topological polar surface area (TPSA) is 0 Å². The Morgan fingerprint density at radius 2 is 0.554 bits per heavy atom. The molecule has 8 rings (SSSR count). The lowest BCUT2D eigenvalue weighted by molar-refractivity contribution is 1.74. The Bertz CT molecular complexity index is 2470. The van der Waals surface area contributed by atoms with Gasteiger partial charge in [-0.2, -0.15) is 0 Å². The van der Waals surface area contributed by atoms with Crippen LogP contribution in [-0.4, -0.2) is 32.3 Å². The second-order valence-corrected chi connectivity index (χ2v) is 47.3. The van der Waals surface area contributed by atoms with E-state index in [-0.39, 0.29) is 0 Å². The maximum absolute atomic E-state index is 2.58. The molecule has 0 aliphatic carbocycles. The van der Waals surface area contributed by atoms with Crippen molar-refractivity contribution in [1.29, 1.82) is 0 Å². The van der Waals surface area contributed by atoms with E-state index < -0.39 is 32.3 Å². The first kappa shape index (κ1) is 41.2. The van der Waals surface area contributed by atoms with Crippen LogP contribution in [0.3, 0.4) is 0 Å². The van der Waals surface area contributed by atoms with Gasteiger partial charge in [0.1, 0.15) is 0 Å². The molecule has 8 aromatic rings. The Labute approximate surface area is 370 Å². The third kappa shape index (κ3) is 8.42. The van der Waals surface area contributed by atoms with Gasteiger partial charge in [-0.3, -0.25) is 0 Å². The molecule has 8 aromatic heterocycles. The molecule has 0 fully saturated rings. The molecule has 0 N–H and O–H groups in total. The Morgan fingerprint density at radius 1 is 0.286 bits per heavy atom. The average Bonchev–Trinajstić information content (AvgIpc) is 3.96. The van der Waals surface area contributed by atoms with Crippen molar-refractivity contribution in [3.63, 3.8) is 0 Å². The Hall–Kier alpha value is -1.53. The summed E-state index contributed by atoms with van der Waals surface area (Å²) in [6.45, 7) is 29.8. The summed E-state index contributed by atoms with van der Waals surface area (Å²) in [4.78, 5) is 19.8. The second kappa shape index (κ2) is 15.2.